The van der Waals surface area contributed by atoms with Gasteiger partial charge in [-0.15, -0.1) is 0 Å². The monoisotopic (exact) mass is 322 g/mol. The summed E-state index contributed by atoms with van der Waals surface area (Å²) < 4.78 is 0. The van der Waals surface area contributed by atoms with Crippen LogP contribution in [-0.4, -0.2) is 6.16 Å². The SMILES string of the molecule is c1ccc(PCC(Pc2ccccc2)c2ccccc2)cc1. The fraction of sp³-hybridized carbons (Fsp3) is 0.100. The number of hydrogen-bond donors (Lipinski definition) is 0. The van der Waals surface area contributed by atoms with Gasteiger partial charge in [-0.05, 0) is 22.3 Å². The summed E-state index contributed by atoms with van der Waals surface area (Å²) >= 11 is 0. The smallest absolute Gasteiger partial charge is 0.00945 e. The maximum Gasteiger partial charge on any atom is 0.00945 e. The summed E-state index contributed by atoms with van der Waals surface area (Å²) in [5.41, 5.74) is 2.08. The highest BCUT2D eigenvalue weighted by Gasteiger charge is 2.12. The molecule has 3 aromatic carbocycles. The Bertz CT molecular complexity index is 666. The molecule has 0 heterocycles. The highest BCUT2D eigenvalue weighted by atomic mass is 31.1. The highest BCUT2D eigenvalue weighted by Crippen LogP contribution is 2.38. The quantitative estimate of drug-likeness (QED) is 0.575. The summed E-state index contributed by atoms with van der Waals surface area (Å²) in [5, 5.41) is 2.91. The molecular weight excluding hydrogens is 302 g/mol. The van der Waals surface area contributed by atoms with Crippen LogP contribution >= 0.6 is 17.2 Å². The average Bonchev–Trinajstić information content (AvgIpc) is 2.61. The van der Waals surface area contributed by atoms with Crippen LogP contribution in [0.15, 0.2) is 91.0 Å². The molecule has 0 fully saturated rings. The van der Waals surface area contributed by atoms with E-state index in [1.54, 1.807) is 0 Å². The average molecular weight is 322 g/mol. The van der Waals surface area contributed by atoms with E-state index in [2.05, 4.69) is 91.0 Å². The molecule has 0 spiro atoms. The minimum absolute atomic E-state index is 0.613. The lowest BCUT2D eigenvalue weighted by molar-refractivity contribution is 1.11. The van der Waals surface area contributed by atoms with Crippen LogP contribution in [0.5, 0.6) is 0 Å². The summed E-state index contributed by atoms with van der Waals surface area (Å²) in [6.07, 6.45) is 1.22. The standard InChI is InChI=1S/C20H20P2/c1-4-10-17(11-5-1)20(22-19-14-8-3-9-15-19)16-21-18-12-6-2-7-13-18/h1-15,20-22H,16H2. The van der Waals surface area contributed by atoms with Crippen molar-refractivity contribution in [3.8, 4) is 0 Å². The molecular formula is C20H20P2. The first-order valence-corrected chi connectivity index (χ1v) is 9.86. The molecule has 0 saturated carbocycles. The molecule has 0 aromatic heterocycles. The van der Waals surface area contributed by atoms with E-state index < -0.39 is 0 Å². The molecule has 0 aliphatic heterocycles. The zero-order chi connectivity index (χ0) is 15.0. The Morgan fingerprint density at radius 1 is 0.591 bits per heavy atom. The van der Waals surface area contributed by atoms with E-state index in [1.165, 1.54) is 22.3 Å². The van der Waals surface area contributed by atoms with Crippen LogP contribution in [-0.2, 0) is 0 Å². The van der Waals surface area contributed by atoms with Gasteiger partial charge in [-0.3, -0.25) is 0 Å². The topological polar surface area (TPSA) is 0 Å². The lowest BCUT2D eigenvalue weighted by Crippen LogP contribution is -2.04. The van der Waals surface area contributed by atoms with Crippen molar-refractivity contribution in [3.05, 3.63) is 96.6 Å². The number of rotatable bonds is 6. The molecule has 0 N–H and O–H groups in total. The maximum atomic E-state index is 2.27. The van der Waals surface area contributed by atoms with E-state index in [1.807, 2.05) is 0 Å². The normalized spacial score (nSPS) is 13.1. The van der Waals surface area contributed by atoms with E-state index in [0.29, 0.717) is 5.66 Å². The molecule has 3 aromatic rings. The Balaban J connectivity index is 1.74. The summed E-state index contributed by atoms with van der Waals surface area (Å²) in [7, 11) is 1.70. The second-order valence-corrected chi connectivity index (χ2v) is 8.12. The fourth-order valence-electron chi connectivity index (χ4n) is 2.45. The molecule has 0 bridgehead atoms. The van der Waals surface area contributed by atoms with Crippen LogP contribution < -0.4 is 10.6 Å². The zero-order valence-electron chi connectivity index (χ0n) is 12.4. The van der Waals surface area contributed by atoms with Gasteiger partial charge in [0.1, 0.15) is 0 Å². The molecule has 0 aliphatic carbocycles. The second kappa shape index (κ2) is 8.23. The molecule has 110 valence electrons. The van der Waals surface area contributed by atoms with Gasteiger partial charge in [0, 0.05) is 5.66 Å². The van der Waals surface area contributed by atoms with Crippen molar-refractivity contribution in [1.29, 1.82) is 0 Å². The van der Waals surface area contributed by atoms with Crippen LogP contribution in [0.3, 0.4) is 0 Å². The van der Waals surface area contributed by atoms with Gasteiger partial charge in [0.05, 0.1) is 0 Å². The first-order valence-electron chi connectivity index (χ1n) is 7.57. The number of hydrogen-bond acceptors (Lipinski definition) is 0. The Hall–Kier alpha value is -1.48. The predicted molar refractivity (Wildman–Crippen MR) is 103 cm³/mol. The van der Waals surface area contributed by atoms with Gasteiger partial charge in [-0.25, -0.2) is 0 Å². The van der Waals surface area contributed by atoms with Crippen molar-refractivity contribution in [2.75, 3.05) is 6.16 Å². The molecule has 0 saturated heterocycles. The molecule has 0 radical (unpaired) electrons. The molecule has 2 heteroatoms. The lowest BCUT2D eigenvalue weighted by atomic mass is 10.2. The van der Waals surface area contributed by atoms with Crippen molar-refractivity contribution in [2.24, 2.45) is 0 Å². The van der Waals surface area contributed by atoms with Crippen molar-refractivity contribution >= 4 is 27.8 Å². The molecule has 0 aliphatic rings. The molecule has 0 nitrogen and oxygen atoms in total. The number of benzene rings is 3. The molecule has 22 heavy (non-hydrogen) atoms. The van der Waals surface area contributed by atoms with Gasteiger partial charge in [-0.1, -0.05) is 108 Å². The van der Waals surface area contributed by atoms with Gasteiger partial charge in [0.15, 0.2) is 0 Å². The predicted octanol–water partition coefficient (Wildman–Crippen LogP) is 4.74. The first kappa shape index (κ1) is 15.4. The summed E-state index contributed by atoms with van der Waals surface area (Å²) in [5.74, 6) is 0. The zero-order valence-corrected chi connectivity index (χ0v) is 14.4. The van der Waals surface area contributed by atoms with Crippen LogP contribution in [0.4, 0.5) is 0 Å². The van der Waals surface area contributed by atoms with Gasteiger partial charge >= 0.3 is 0 Å². The van der Waals surface area contributed by atoms with Gasteiger partial charge in [0.25, 0.3) is 0 Å². The lowest BCUT2D eigenvalue weighted by Gasteiger charge is -2.18. The van der Waals surface area contributed by atoms with E-state index in [0.717, 1.165) is 17.2 Å². The van der Waals surface area contributed by atoms with E-state index >= 15 is 0 Å². The van der Waals surface area contributed by atoms with Crippen molar-refractivity contribution in [2.45, 2.75) is 5.66 Å². The third-order valence-electron chi connectivity index (χ3n) is 3.60. The molecule has 3 unspecified atom stereocenters. The highest BCUT2D eigenvalue weighted by molar-refractivity contribution is 7.51. The van der Waals surface area contributed by atoms with Crippen molar-refractivity contribution in [3.63, 3.8) is 0 Å². The van der Waals surface area contributed by atoms with Crippen LogP contribution in [0, 0.1) is 0 Å². The summed E-state index contributed by atoms with van der Waals surface area (Å²) in [6.45, 7) is 0. The fourth-order valence-corrected chi connectivity index (χ4v) is 5.41. The third kappa shape index (κ3) is 4.51. The Morgan fingerprint density at radius 2 is 1.09 bits per heavy atom. The Labute approximate surface area is 136 Å². The van der Waals surface area contributed by atoms with Gasteiger partial charge in [-0.2, -0.15) is 0 Å². The maximum absolute atomic E-state index is 2.27. The summed E-state index contributed by atoms with van der Waals surface area (Å²) in [4.78, 5) is 0. The van der Waals surface area contributed by atoms with E-state index in [-0.39, 0.29) is 0 Å². The molecule has 3 rings (SSSR count). The minimum atomic E-state index is 0.613. The van der Waals surface area contributed by atoms with Crippen molar-refractivity contribution < 1.29 is 0 Å². The third-order valence-corrected chi connectivity index (χ3v) is 6.92. The van der Waals surface area contributed by atoms with Gasteiger partial charge in [0.2, 0.25) is 0 Å². The Kier molecular flexibility index (Phi) is 5.77. The van der Waals surface area contributed by atoms with E-state index in [9.17, 15) is 0 Å². The van der Waals surface area contributed by atoms with E-state index in [4.69, 9.17) is 0 Å². The summed E-state index contributed by atoms with van der Waals surface area (Å²) in [6, 6.07) is 32.7. The second-order valence-electron chi connectivity index (χ2n) is 5.22. The van der Waals surface area contributed by atoms with Gasteiger partial charge < -0.3 is 0 Å². The Morgan fingerprint density at radius 3 is 1.68 bits per heavy atom. The van der Waals surface area contributed by atoms with Crippen LogP contribution in [0.2, 0.25) is 0 Å². The van der Waals surface area contributed by atoms with Crippen LogP contribution in [0.25, 0.3) is 0 Å². The molecule has 0 amide bonds. The van der Waals surface area contributed by atoms with Crippen LogP contribution in [0.1, 0.15) is 11.2 Å². The largest absolute Gasteiger partial charge is 0.0894 e. The molecule has 3 atom stereocenters. The van der Waals surface area contributed by atoms with Crippen molar-refractivity contribution in [1.82, 2.24) is 0 Å². The first-order chi connectivity index (χ1) is 10.9. The minimum Gasteiger partial charge on any atom is -0.0894 e.